The summed E-state index contributed by atoms with van der Waals surface area (Å²) in [6.07, 6.45) is 0. The van der Waals surface area contributed by atoms with Crippen LogP contribution < -0.4 is 29.6 Å². The fourth-order valence-corrected chi connectivity index (χ4v) is 2.41. The zero-order valence-electron chi connectivity index (χ0n) is 11.9. The van der Waals surface area contributed by atoms with Crippen LogP contribution in [0.3, 0.4) is 0 Å². The Bertz CT molecular complexity index is 690. The van der Waals surface area contributed by atoms with E-state index in [1.165, 1.54) is 27.5 Å². The maximum atomic E-state index is 5.20. The van der Waals surface area contributed by atoms with E-state index in [1.54, 1.807) is 7.11 Å². The quantitative estimate of drug-likeness (QED) is 0.481. The van der Waals surface area contributed by atoms with Gasteiger partial charge in [0.25, 0.3) is 0 Å². The second-order valence-corrected chi connectivity index (χ2v) is 4.57. The molecular weight excluding hydrogens is 382 g/mol. The molecule has 0 fully saturated rings. The van der Waals surface area contributed by atoms with Gasteiger partial charge < -0.3 is 29.6 Å². The molecule has 0 saturated carbocycles. The van der Waals surface area contributed by atoms with Crippen LogP contribution in [0.15, 0.2) is 54.6 Å². The molecule has 0 aliphatic carbocycles. The maximum Gasteiger partial charge on any atom is 3.00 e. The molecule has 0 bridgehead atoms. The van der Waals surface area contributed by atoms with Crippen LogP contribution >= 0.6 is 0 Å². The van der Waals surface area contributed by atoms with Crippen LogP contribution in [0.2, 0.25) is 0 Å². The molecule has 0 amide bonds. The number of methoxy groups -OCH3 is 1. The van der Waals surface area contributed by atoms with Gasteiger partial charge >= 0.3 is 26.2 Å². The van der Waals surface area contributed by atoms with Gasteiger partial charge in [0.2, 0.25) is 0 Å². The van der Waals surface area contributed by atoms with Crippen molar-refractivity contribution in [2.24, 2.45) is 0 Å². The zero-order valence-corrected chi connectivity index (χ0v) is 15.8. The topological polar surface area (TPSA) is 9.23 Å². The number of halogens is 2. The van der Waals surface area contributed by atoms with E-state index in [0.717, 1.165) is 5.75 Å². The van der Waals surface area contributed by atoms with Crippen LogP contribution in [0, 0.1) is 6.92 Å². The van der Waals surface area contributed by atoms with E-state index >= 15 is 0 Å². The van der Waals surface area contributed by atoms with Gasteiger partial charge in [-0.2, -0.15) is 6.07 Å². The Hall–Kier alpha value is -0.687. The van der Waals surface area contributed by atoms with Crippen molar-refractivity contribution in [1.82, 2.24) is 0 Å². The second kappa shape index (κ2) is 8.68. The first-order valence-electron chi connectivity index (χ1n) is 6.08. The molecule has 0 aromatic heterocycles. The molecule has 0 spiro atoms. The average Bonchev–Trinajstić information content (AvgIpc) is 2.79. The first kappa shape index (κ1) is 20.3. The van der Waals surface area contributed by atoms with E-state index in [4.69, 9.17) is 4.74 Å². The van der Waals surface area contributed by atoms with Gasteiger partial charge in [-0.3, -0.25) is 0 Å². The molecule has 0 saturated heterocycles. The molecule has 1 radical (unpaired) electrons. The summed E-state index contributed by atoms with van der Waals surface area (Å²) >= 11 is 0. The van der Waals surface area contributed by atoms with Crippen LogP contribution in [0.1, 0.15) is 5.56 Å². The third-order valence-electron chi connectivity index (χ3n) is 3.30. The Morgan fingerprint density at radius 3 is 2.24 bits per heavy atom. The van der Waals surface area contributed by atoms with Gasteiger partial charge in [0, 0.05) is 0 Å². The molecule has 21 heavy (non-hydrogen) atoms. The van der Waals surface area contributed by atoms with Crippen molar-refractivity contribution >= 4 is 10.8 Å². The van der Waals surface area contributed by atoms with Crippen LogP contribution in [0.4, 0.5) is 0 Å². The standard InChI is InChI=1S/C17H15O.2ClH.Zr/c1-12-10-14-4-3-5-16(17(14)11-12)13-6-8-15(18-2)9-7-13;;;/h3-11H,1-2H3;2*1H;/q-1;;;+3/p-2. The first-order valence-corrected chi connectivity index (χ1v) is 6.08. The van der Waals surface area contributed by atoms with Crippen LogP contribution in [-0.2, 0) is 26.2 Å². The molecule has 0 aliphatic heterocycles. The van der Waals surface area contributed by atoms with Crippen molar-refractivity contribution in [3.05, 3.63) is 60.2 Å². The van der Waals surface area contributed by atoms with Gasteiger partial charge in [-0.05, 0) is 17.7 Å². The molecule has 3 rings (SSSR count). The number of hydrogen-bond donors (Lipinski definition) is 0. The fraction of sp³-hybridized carbons (Fsp3) is 0.118. The maximum absolute atomic E-state index is 5.20. The average molecular weight is 397 g/mol. The summed E-state index contributed by atoms with van der Waals surface area (Å²) in [7, 11) is 1.69. The molecule has 107 valence electrons. The Morgan fingerprint density at radius 1 is 0.952 bits per heavy atom. The van der Waals surface area contributed by atoms with Gasteiger partial charge in [-0.15, -0.1) is 34.5 Å². The van der Waals surface area contributed by atoms with Crippen molar-refractivity contribution in [3.63, 3.8) is 0 Å². The number of aryl methyl sites for hydroxylation is 1. The van der Waals surface area contributed by atoms with E-state index in [9.17, 15) is 0 Å². The Balaban J connectivity index is 0.00000133. The van der Waals surface area contributed by atoms with E-state index < -0.39 is 0 Å². The third kappa shape index (κ3) is 4.16. The van der Waals surface area contributed by atoms with Gasteiger partial charge in [0.15, 0.2) is 0 Å². The van der Waals surface area contributed by atoms with Crippen molar-refractivity contribution in [3.8, 4) is 16.9 Å². The first-order chi connectivity index (χ1) is 8.78. The van der Waals surface area contributed by atoms with E-state index in [2.05, 4.69) is 49.4 Å². The van der Waals surface area contributed by atoms with Crippen molar-refractivity contribution in [1.29, 1.82) is 0 Å². The summed E-state index contributed by atoms with van der Waals surface area (Å²) in [5, 5.41) is 2.63. The van der Waals surface area contributed by atoms with Crippen molar-refractivity contribution in [2.45, 2.75) is 6.92 Å². The number of benzene rings is 2. The van der Waals surface area contributed by atoms with Gasteiger partial charge in [0.05, 0.1) is 7.11 Å². The molecular formula is C17H15Cl2OZr. The molecule has 0 aliphatic rings. The summed E-state index contributed by atoms with van der Waals surface area (Å²) in [6.45, 7) is 2.14. The van der Waals surface area contributed by atoms with Gasteiger partial charge in [-0.1, -0.05) is 30.7 Å². The molecule has 0 unspecified atom stereocenters. The summed E-state index contributed by atoms with van der Waals surface area (Å²) in [6, 6.07) is 19.1. The van der Waals surface area contributed by atoms with E-state index in [1.807, 2.05) is 12.1 Å². The molecule has 0 atom stereocenters. The molecule has 0 N–H and O–H groups in total. The Labute approximate surface area is 157 Å². The molecule has 3 aromatic carbocycles. The summed E-state index contributed by atoms with van der Waals surface area (Å²) < 4.78 is 5.20. The van der Waals surface area contributed by atoms with Gasteiger partial charge in [0.1, 0.15) is 5.75 Å². The number of rotatable bonds is 2. The smallest absolute Gasteiger partial charge is 1.00 e. The van der Waals surface area contributed by atoms with E-state index in [0.29, 0.717) is 0 Å². The minimum absolute atomic E-state index is 0. The summed E-state index contributed by atoms with van der Waals surface area (Å²) in [4.78, 5) is 0. The third-order valence-corrected chi connectivity index (χ3v) is 3.30. The summed E-state index contributed by atoms with van der Waals surface area (Å²) in [5.41, 5.74) is 3.82. The monoisotopic (exact) mass is 395 g/mol. The Kier molecular flexibility index (Phi) is 8.40. The molecule has 4 heteroatoms. The minimum atomic E-state index is 0. The van der Waals surface area contributed by atoms with E-state index in [-0.39, 0.29) is 51.0 Å². The number of fused-ring (bicyclic) bond motifs is 1. The normalized spacial score (nSPS) is 9.24. The zero-order chi connectivity index (χ0) is 12.5. The molecule has 1 nitrogen and oxygen atoms in total. The minimum Gasteiger partial charge on any atom is -1.00 e. The van der Waals surface area contributed by atoms with Crippen LogP contribution in [0.5, 0.6) is 5.75 Å². The largest absolute Gasteiger partial charge is 3.00 e. The Morgan fingerprint density at radius 2 is 1.62 bits per heavy atom. The SMILES string of the molecule is COc1ccc(-c2cccc3[cH-]c(C)cc23)cc1.[Cl-].[Cl-].[Zr+3]. The fourth-order valence-electron chi connectivity index (χ4n) is 2.41. The number of hydrogen-bond acceptors (Lipinski definition) is 1. The predicted molar refractivity (Wildman–Crippen MR) is 76.3 cm³/mol. The van der Waals surface area contributed by atoms with Crippen LogP contribution in [-0.4, -0.2) is 7.11 Å². The summed E-state index contributed by atoms with van der Waals surface area (Å²) in [5.74, 6) is 0.893. The van der Waals surface area contributed by atoms with Gasteiger partial charge in [-0.25, -0.2) is 0 Å². The predicted octanol–water partition coefficient (Wildman–Crippen LogP) is -1.45. The number of ether oxygens (including phenoxy) is 1. The van der Waals surface area contributed by atoms with Crippen LogP contribution in [0.25, 0.3) is 21.9 Å². The van der Waals surface area contributed by atoms with Crippen molar-refractivity contribution < 1.29 is 55.8 Å². The van der Waals surface area contributed by atoms with Crippen molar-refractivity contribution in [2.75, 3.05) is 7.11 Å². The molecule has 0 heterocycles. The second-order valence-electron chi connectivity index (χ2n) is 4.57. The molecule has 3 aromatic rings.